The normalized spacial score (nSPS) is 24.7. The number of benzene rings is 1. The Morgan fingerprint density at radius 2 is 1.46 bits per heavy atom. The van der Waals surface area contributed by atoms with E-state index in [1.807, 2.05) is 30.3 Å². The Hall–Kier alpha value is -2.45. The molecule has 142 valence electrons. The molecule has 0 saturated carbocycles. The summed E-state index contributed by atoms with van der Waals surface area (Å²) in [6.45, 7) is 4.02. The van der Waals surface area contributed by atoms with E-state index in [0.29, 0.717) is 6.61 Å². The molecule has 1 fully saturated rings. The van der Waals surface area contributed by atoms with Gasteiger partial charge in [0.15, 0.2) is 6.10 Å². The fraction of sp³-hybridized carbons (Fsp3) is 0.500. The van der Waals surface area contributed by atoms with E-state index >= 15 is 0 Å². The summed E-state index contributed by atoms with van der Waals surface area (Å²) in [5.41, 5.74) is 0.961. The van der Waals surface area contributed by atoms with Crippen molar-refractivity contribution in [3.8, 4) is 0 Å². The van der Waals surface area contributed by atoms with E-state index in [1.165, 1.54) is 20.8 Å². The fourth-order valence-corrected chi connectivity index (χ4v) is 2.60. The van der Waals surface area contributed by atoms with E-state index in [2.05, 4.69) is 0 Å². The summed E-state index contributed by atoms with van der Waals surface area (Å²) in [4.78, 5) is 34.1. The molecule has 0 spiro atoms. The van der Waals surface area contributed by atoms with Gasteiger partial charge < -0.3 is 23.7 Å². The Labute approximate surface area is 151 Å². The Morgan fingerprint density at radius 1 is 0.885 bits per heavy atom. The Bertz CT molecular complexity index is 629. The SMILES string of the molecule is CC(=O)O[C@H]1O[C@H](COCc2ccccc2)[C@@H](OC(C)=O)[C@H]1OC(C)=O. The second-order valence-corrected chi connectivity index (χ2v) is 5.80. The molecule has 0 aromatic heterocycles. The zero-order valence-electron chi connectivity index (χ0n) is 14.9. The quantitative estimate of drug-likeness (QED) is 0.527. The third-order valence-corrected chi connectivity index (χ3v) is 3.55. The topological polar surface area (TPSA) is 97.4 Å². The molecule has 2 rings (SSSR count). The number of esters is 3. The number of ether oxygens (including phenoxy) is 5. The number of rotatable bonds is 7. The van der Waals surface area contributed by atoms with Crippen LogP contribution in [0.1, 0.15) is 26.3 Å². The first-order valence-corrected chi connectivity index (χ1v) is 8.15. The predicted octanol–water partition coefficient (Wildman–Crippen LogP) is 1.35. The maximum Gasteiger partial charge on any atom is 0.305 e. The molecule has 1 saturated heterocycles. The van der Waals surface area contributed by atoms with Crippen molar-refractivity contribution in [1.29, 1.82) is 0 Å². The van der Waals surface area contributed by atoms with E-state index in [-0.39, 0.29) is 6.61 Å². The summed E-state index contributed by atoms with van der Waals surface area (Å²) in [6.07, 6.45) is -3.94. The van der Waals surface area contributed by atoms with Gasteiger partial charge in [-0.05, 0) is 5.56 Å². The second kappa shape index (κ2) is 9.30. The molecule has 4 atom stereocenters. The molecule has 1 heterocycles. The molecule has 1 aliphatic heterocycles. The van der Waals surface area contributed by atoms with Crippen LogP contribution in [0.15, 0.2) is 30.3 Å². The van der Waals surface area contributed by atoms with Crippen LogP contribution >= 0.6 is 0 Å². The van der Waals surface area contributed by atoms with Gasteiger partial charge in [-0.1, -0.05) is 30.3 Å². The minimum atomic E-state index is -1.17. The van der Waals surface area contributed by atoms with Crippen molar-refractivity contribution >= 4 is 17.9 Å². The van der Waals surface area contributed by atoms with Crippen molar-refractivity contribution in [2.75, 3.05) is 6.61 Å². The van der Waals surface area contributed by atoms with Gasteiger partial charge >= 0.3 is 17.9 Å². The molecular weight excluding hydrogens is 344 g/mol. The van der Waals surface area contributed by atoms with Gasteiger partial charge in [-0.2, -0.15) is 0 Å². The maximum atomic E-state index is 11.4. The fourth-order valence-electron chi connectivity index (χ4n) is 2.60. The summed E-state index contributed by atoms with van der Waals surface area (Å²) in [5.74, 6) is -1.80. The third kappa shape index (κ3) is 5.82. The Kier molecular flexibility index (Phi) is 7.11. The molecular formula is C18H22O8. The first-order chi connectivity index (χ1) is 12.4. The summed E-state index contributed by atoms with van der Waals surface area (Å²) >= 11 is 0. The summed E-state index contributed by atoms with van der Waals surface area (Å²) in [5, 5.41) is 0. The highest BCUT2D eigenvalue weighted by Crippen LogP contribution is 2.28. The van der Waals surface area contributed by atoms with Crippen LogP contribution in [0.4, 0.5) is 0 Å². The number of hydrogen-bond acceptors (Lipinski definition) is 8. The predicted molar refractivity (Wildman–Crippen MR) is 87.6 cm³/mol. The van der Waals surface area contributed by atoms with Crippen LogP contribution in [-0.2, 0) is 44.7 Å². The van der Waals surface area contributed by atoms with Gasteiger partial charge in [0.1, 0.15) is 6.10 Å². The molecule has 0 amide bonds. The van der Waals surface area contributed by atoms with E-state index in [0.717, 1.165) is 5.56 Å². The molecule has 0 unspecified atom stereocenters. The van der Waals surface area contributed by atoms with Crippen LogP contribution in [0.5, 0.6) is 0 Å². The van der Waals surface area contributed by atoms with Crippen molar-refractivity contribution in [1.82, 2.24) is 0 Å². The van der Waals surface area contributed by atoms with E-state index < -0.39 is 42.5 Å². The molecule has 26 heavy (non-hydrogen) atoms. The van der Waals surface area contributed by atoms with Crippen molar-refractivity contribution < 1.29 is 38.1 Å². The lowest BCUT2D eigenvalue weighted by Gasteiger charge is -2.22. The van der Waals surface area contributed by atoms with Crippen LogP contribution in [0.3, 0.4) is 0 Å². The van der Waals surface area contributed by atoms with Crippen molar-refractivity contribution in [3.05, 3.63) is 35.9 Å². The van der Waals surface area contributed by atoms with Gasteiger partial charge in [-0.15, -0.1) is 0 Å². The molecule has 1 aromatic carbocycles. The molecule has 0 radical (unpaired) electrons. The highest BCUT2D eigenvalue weighted by atomic mass is 16.8. The van der Waals surface area contributed by atoms with E-state index in [1.54, 1.807) is 0 Å². The van der Waals surface area contributed by atoms with Crippen LogP contribution in [0, 0.1) is 0 Å². The molecule has 1 aromatic rings. The van der Waals surface area contributed by atoms with Crippen molar-refractivity contribution in [2.45, 2.75) is 52.0 Å². The second-order valence-electron chi connectivity index (χ2n) is 5.80. The molecule has 1 aliphatic rings. The zero-order chi connectivity index (χ0) is 19.1. The maximum absolute atomic E-state index is 11.4. The summed E-state index contributed by atoms with van der Waals surface area (Å²) in [6, 6.07) is 9.48. The van der Waals surface area contributed by atoms with Crippen LogP contribution in [-0.4, -0.2) is 49.1 Å². The highest BCUT2D eigenvalue weighted by Gasteiger charge is 2.51. The average molecular weight is 366 g/mol. The monoisotopic (exact) mass is 366 g/mol. The minimum absolute atomic E-state index is 0.0579. The summed E-state index contributed by atoms with van der Waals surface area (Å²) < 4.78 is 26.7. The highest BCUT2D eigenvalue weighted by molar-refractivity contribution is 5.68. The lowest BCUT2D eigenvalue weighted by molar-refractivity contribution is -0.197. The molecule has 0 aliphatic carbocycles. The van der Waals surface area contributed by atoms with Gasteiger partial charge in [-0.25, -0.2) is 0 Å². The van der Waals surface area contributed by atoms with E-state index in [4.69, 9.17) is 23.7 Å². The smallest absolute Gasteiger partial charge is 0.305 e. The standard InChI is InChI=1S/C18H22O8/c1-11(19)23-16-15(10-22-9-14-7-5-4-6-8-14)26-18(25-13(3)21)17(16)24-12(2)20/h4-8,15-18H,9-10H2,1-3H3/t15-,16-,17-,18+/m1/s1. The van der Waals surface area contributed by atoms with Gasteiger partial charge in [-0.3, -0.25) is 14.4 Å². The number of carbonyl (C=O) groups excluding carboxylic acids is 3. The minimum Gasteiger partial charge on any atom is -0.455 e. The lowest BCUT2D eigenvalue weighted by Crippen LogP contribution is -2.41. The average Bonchev–Trinajstić information content (AvgIpc) is 2.84. The van der Waals surface area contributed by atoms with E-state index in [9.17, 15) is 14.4 Å². The first kappa shape index (κ1) is 19.9. The van der Waals surface area contributed by atoms with Gasteiger partial charge in [0, 0.05) is 20.8 Å². The van der Waals surface area contributed by atoms with Gasteiger partial charge in [0.25, 0.3) is 0 Å². The molecule has 0 bridgehead atoms. The van der Waals surface area contributed by atoms with Crippen LogP contribution < -0.4 is 0 Å². The largest absolute Gasteiger partial charge is 0.455 e. The van der Waals surface area contributed by atoms with Crippen LogP contribution in [0.25, 0.3) is 0 Å². The Morgan fingerprint density at radius 3 is 2.04 bits per heavy atom. The molecule has 8 nitrogen and oxygen atoms in total. The third-order valence-electron chi connectivity index (χ3n) is 3.55. The molecule has 8 heteroatoms. The van der Waals surface area contributed by atoms with Gasteiger partial charge in [0.05, 0.1) is 13.2 Å². The lowest BCUT2D eigenvalue weighted by atomic mass is 10.1. The van der Waals surface area contributed by atoms with Crippen LogP contribution in [0.2, 0.25) is 0 Å². The number of carbonyl (C=O) groups is 3. The Balaban J connectivity index is 2.06. The van der Waals surface area contributed by atoms with Crippen molar-refractivity contribution in [2.24, 2.45) is 0 Å². The van der Waals surface area contributed by atoms with Crippen molar-refractivity contribution in [3.63, 3.8) is 0 Å². The molecule has 0 N–H and O–H groups in total. The number of hydrogen-bond donors (Lipinski definition) is 0. The summed E-state index contributed by atoms with van der Waals surface area (Å²) in [7, 11) is 0. The first-order valence-electron chi connectivity index (χ1n) is 8.15. The van der Waals surface area contributed by atoms with Gasteiger partial charge in [0.2, 0.25) is 12.4 Å². The zero-order valence-corrected chi connectivity index (χ0v) is 14.9.